The largest absolute Gasteiger partial charge is 0.0799 e. The average molecular weight is 194 g/mol. The van der Waals surface area contributed by atoms with Gasteiger partial charge in [-0.2, -0.15) is 0 Å². The first-order valence-electron chi connectivity index (χ1n) is 6.09. The zero-order chi connectivity index (χ0) is 10.8. The molecule has 0 aromatic heterocycles. The molecule has 1 aliphatic rings. The summed E-state index contributed by atoms with van der Waals surface area (Å²) in [5, 5.41) is 0. The van der Waals surface area contributed by atoms with Gasteiger partial charge >= 0.3 is 0 Å². The van der Waals surface area contributed by atoms with E-state index >= 15 is 0 Å². The molecular weight excluding hydrogens is 168 g/mol. The van der Waals surface area contributed by atoms with Crippen LogP contribution >= 0.6 is 0 Å². The summed E-state index contributed by atoms with van der Waals surface area (Å²) in [5.74, 6) is 1.77. The molecule has 0 amide bonds. The van der Waals surface area contributed by atoms with Gasteiger partial charge in [-0.15, -0.1) is 0 Å². The van der Waals surface area contributed by atoms with Crippen LogP contribution in [0.1, 0.15) is 60.3 Å². The summed E-state index contributed by atoms with van der Waals surface area (Å²) in [6, 6.07) is 0. The number of hydrogen-bond donors (Lipinski definition) is 0. The summed E-state index contributed by atoms with van der Waals surface area (Å²) in [5.41, 5.74) is 1.98. The van der Waals surface area contributed by atoms with Gasteiger partial charge in [-0.3, -0.25) is 0 Å². The molecule has 82 valence electrons. The highest BCUT2D eigenvalue weighted by Gasteiger charge is 2.23. The molecule has 0 N–H and O–H groups in total. The lowest BCUT2D eigenvalue weighted by Gasteiger charge is -2.31. The van der Waals surface area contributed by atoms with Crippen molar-refractivity contribution in [1.82, 2.24) is 0 Å². The van der Waals surface area contributed by atoms with Gasteiger partial charge in [0.15, 0.2) is 0 Å². The van der Waals surface area contributed by atoms with Crippen molar-refractivity contribution in [3.8, 4) is 0 Å². The average Bonchev–Trinajstić information content (AvgIpc) is 2.01. The Bertz CT molecular complexity index is 205. The molecule has 1 fully saturated rings. The van der Waals surface area contributed by atoms with Crippen LogP contribution in [-0.2, 0) is 0 Å². The predicted molar refractivity (Wildman–Crippen MR) is 64.3 cm³/mol. The molecule has 1 aliphatic carbocycles. The zero-order valence-corrected chi connectivity index (χ0v) is 10.6. The molecule has 1 saturated carbocycles. The molecule has 2 atom stereocenters. The Morgan fingerprint density at radius 1 is 1.14 bits per heavy atom. The summed E-state index contributed by atoms with van der Waals surface area (Å²) >= 11 is 0. The highest BCUT2D eigenvalue weighted by atomic mass is 14.3. The SMILES string of the molecule is C/C(=C\C(C)(C)C)C1CCCCC1C. The van der Waals surface area contributed by atoms with Crippen LogP contribution in [0.2, 0.25) is 0 Å². The normalized spacial score (nSPS) is 30.5. The number of hydrogen-bond acceptors (Lipinski definition) is 0. The van der Waals surface area contributed by atoms with E-state index in [0.717, 1.165) is 11.8 Å². The fourth-order valence-electron chi connectivity index (χ4n) is 2.78. The molecule has 0 saturated heterocycles. The number of rotatable bonds is 1. The highest BCUT2D eigenvalue weighted by Crippen LogP contribution is 2.36. The van der Waals surface area contributed by atoms with Crippen LogP contribution in [0.5, 0.6) is 0 Å². The monoisotopic (exact) mass is 194 g/mol. The Labute approximate surface area is 89.8 Å². The minimum absolute atomic E-state index is 0.348. The fourth-order valence-corrected chi connectivity index (χ4v) is 2.78. The van der Waals surface area contributed by atoms with E-state index in [9.17, 15) is 0 Å². The topological polar surface area (TPSA) is 0 Å². The first-order chi connectivity index (χ1) is 6.40. The van der Waals surface area contributed by atoms with Gasteiger partial charge < -0.3 is 0 Å². The summed E-state index contributed by atoms with van der Waals surface area (Å²) in [6.45, 7) is 11.6. The second-order valence-electron chi connectivity index (χ2n) is 6.12. The summed E-state index contributed by atoms with van der Waals surface area (Å²) < 4.78 is 0. The minimum Gasteiger partial charge on any atom is -0.0799 e. The predicted octanol–water partition coefficient (Wildman–Crippen LogP) is 4.81. The van der Waals surface area contributed by atoms with E-state index in [1.54, 1.807) is 5.57 Å². The third kappa shape index (κ3) is 3.48. The van der Waals surface area contributed by atoms with Crippen molar-refractivity contribution in [2.24, 2.45) is 17.3 Å². The van der Waals surface area contributed by atoms with Crippen LogP contribution in [0.3, 0.4) is 0 Å². The van der Waals surface area contributed by atoms with E-state index in [1.165, 1.54) is 25.7 Å². The van der Waals surface area contributed by atoms with Gasteiger partial charge in [0.2, 0.25) is 0 Å². The van der Waals surface area contributed by atoms with E-state index in [2.05, 4.69) is 40.7 Å². The van der Waals surface area contributed by atoms with E-state index in [4.69, 9.17) is 0 Å². The maximum atomic E-state index is 2.47. The molecular formula is C14H26. The first-order valence-corrected chi connectivity index (χ1v) is 6.09. The summed E-state index contributed by atoms with van der Waals surface area (Å²) in [4.78, 5) is 0. The molecule has 0 bridgehead atoms. The molecule has 0 heteroatoms. The molecule has 2 unspecified atom stereocenters. The molecule has 0 aliphatic heterocycles. The second kappa shape index (κ2) is 4.51. The number of allylic oxidation sites excluding steroid dienone is 2. The van der Waals surface area contributed by atoms with Crippen LogP contribution in [0.25, 0.3) is 0 Å². The van der Waals surface area contributed by atoms with E-state index < -0.39 is 0 Å². The van der Waals surface area contributed by atoms with Gasteiger partial charge in [0.05, 0.1) is 0 Å². The standard InChI is InChI=1S/C14H26/c1-11-8-6-7-9-13(11)12(2)10-14(3,4)5/h10-11,13H,6-9H2,1-5H3/b12-10+. The van der Waals surface area contributed by atoms with Gasteiger partial charge in [-0.25, -0.2) is 0 Å². The van der Waals surface area contributed by atoms with Crippen molar-refractivity contribution in [3.63, 3.8) is 0 Å². The van der Waals surface area contributed by atoms with Crippen LogP contribution in [-0.4, -0.2) is 0 Å². The van der Waals surface area contributed by atoms with Crippen molar-refractivity contribution in [2.45, 2.75) is 60.3 Å². The Hall–Kier alpha value is -0.260. The first kappa shape index (κ1) is 11.8. The van der Waals surface area contributed by atoms with E-state index in [-0.39, 0.29) is 0 Å². The molecule has 0 aromatic rings. The van der Waals surface area contributed by atoms with Gasteiger partial charge in [-0.1, -0.05) is 58.6 Å². The Kier molecular flexibility index (Phi) is 3.80. The van der Waals surface area contributed by atoms with Crippen molar-refractivity contribution in [3.05, 3.63) is 11.6 Å². The lowest BCUT2D eigenvalue weighted by molar-refractivity contribution is 0.290. The Morgan fingerprint density at radius 2 is 1.71 bits per heavy atom. The third-order valence-electron chi connectivity index (χ3n) is 3.36. The van der Waals surface area contributed by atoms with Crippen molar-refractivity contribution in [1.29, 1.82) is 0 Å². The minimum atomic E-state index is 0.348. The molecule has 0 heterocycles. The molecule has 0 aromatic carbocycles. The smallest absolute Gasteiger partial charge is 0.0180 e. The molecule has 1 rings (SSSR count). The van der Waals surface area contributed by atoms with E-state index in [0.29, 0.717) is 5.41 Å². The van der Waals surface area contributed by atoms with Crippen LogP contribution in [0.4, 0.5) is 0 Å². The Morgan fingerprint density at radius 3 is 2.21 bits per heavy atom. The Balaban J connectivity index is 2.67. The van der Waals surface area contributed by atoms with Crippen molar-refractivity contribution in [2.75, 3.05) is 0 Å². The summed E-state index contributed by atoms with van der Waals surface area (Å²) in [6.07, 6.45) is 8.20. The van der Waals surface area contributed by atoms with Crippen molar-refractivity contribution < 1.29 is 0 Å². The highest BCUT2D eigenvalue weighted by molar-refractivity contribution is 5.09. The van der Waals surface area contributed by atoms with Gasteiger partial charge in [0, 0.05) is 0 Å². The molecule has 0 radical (unpaired) electrons. The van der Waals surface area contributed by atoms with E-state index in [1.807, 2.05) is 0 Å². The third-order valence-corrected chi connectivity index (χ3v) is 3.36. The molecule has 0 nitrogen and oxygen atoms in total. The van der Waals surface area contributed by atoms with Gasteiger partial charge in [0.25, 0.3) is 0 Å². The molecule has 0 spiro atoms. The van der Waals surface area contributed by atoms with Crippen LogP contribution < -0.4 is 0 Å². The second-order valence-corrected chi connectivity index (χ2v) is 6.12. The van der Waals surface area contributed by atoms with Crippen LogP contribution in [0.15, 0.2) is 11.6 Å². The maximum Gasteiger partial charge on any atom is -0.0180 e. The lowest BCUT2D eigenvalue weighted by atomic mass is 9.75. The maximum absolute atomic E-state index is 2.47. The molecule has 14 heavy (non-hydrogen) atoms. The van der Waals surface area contributed by atoms with Gasteiger partial charge in [-0.05, 0) is 30.6 Å². The summed E-state index contributed by atoms with van der Waals surface area (Å²) in [7, 11) is 0. The quantitative estimate of drug-likeness (QED) is 0.526. The van der Waals surface area contributed by atoms with Crippen LogP contribution in [0, 0.1) is 17.3 Å². The zero-order valence-electron chi connectivity index (χ0n) is 10.6. The lowest BCUT2D eigenvalue weighted by Crippen LogP contribution is -2.19. The van der Waals surface area contributed by atoms with Gasteiger partial charge in [0.1, 0.15) is 0 Å². The fraction of sp³-hybridized carbons (Fsp3) is 0.857. The van der Waals surface area contributed by atoms with Crippen molar-refractivity contribution >= 4 is 0 Å².